The lowest BCUT2D eigenvalue weighted by Gasteiger charge is -2.18. The molecule has 0 saturated carbocycles. The minimum Gasteiger partial charge on any atom is -0.424 e. The standard InChI is InChI=1S/C17H20NO5P/c1-2-22-24(21,14-6-9-15-7-4-3-5-8-15)23-17-12-10-16(11-13-17)18(19)20/h3-5,7-8,10-13H,2,6,9,14H2,1H3. The third kappa shape index (κ3) is 5.48. The molecule has 7 heteroatoms. The summed E-state index contributed by atoms with van der Waals surface area (Å²) in [6.45, 7) is 2.03. The quantitative estimate of drug-likeness (QED) is 0.368. The molecular weight excluding hydrogens is 329 g/mol. The molecule has 24 heavy (non-hydrogen) atoms. The molecule has 0 amide bonds. The number of non-ortho nitro benzene ring substituents is 1. The average Bonchev–Trinajstić information content (AvgIpc) is 2.56. The molecule has 1 atom stereocenters. The van der Waals surface area contributed by atoms with E-state index in [4.69, 9.17) is 9.05 Å². The van der Waals surface area contributed by atoms with E-state index in [0.29, 0.717) is 12.2 Å². The minimum atomic E-state index is -3.29. The van der Waals surface area contributed by atoms with Gasteiger partial charge in [0.25, 0.3) is 5.69 Å². The molecule has 2 aromatic carbocycles. The number of hydrogen-bond donors (Lipinski definition) is 0. The highest BCUT2D eigenvalue weighted by molar-refractivity contribution is 7.54. The molecule has 2 aromatic rings. The molecule has 0 bridgehead atoms. The van der Waals surface area contributed by atoms with Crippen molar-refractivity contribution in [2.75, 3.05) is 12.8 Å². The first-order valence-electron chi connectivity index (χ1n) is 7.74. The van der Waals surface area contributed by atoms with Gasteiger partial charge in [0.2, 0.25) is 0 Å². The molecule has 0 fully saturated rings. The van der Waals surface area contributed by atoms with E-state index in [2.05, 4.69) is 0 Å². The highest BCUT2D eigenvalue weighted by Crippen LogP contribution is 2.49. The Balaban J connectivity index is 1.98. The summed E-state index contributed by atoms with van der Waals surface area (Å²) in [5.41, 5.74) is 1.12. The van der Waals surface area contributed by atoms with Crippen LogP contribution in [0.25, 0.3) is 0 Å². The molecule has 128 valence electrons. The van der Waals surface area contributed by atoms with E-state index in [1.54, 1.807) is 6.92 Å². The fourth-order valence-electron chi connectivity index (χ4n) is 2.24. The Morgan fingerprint density at radius 2 is 1.75 bits per heavy atom. The van der Waals surface area contributed by atoms with Crippen molar-refractivity contribution in [3.63, 3.8) is 0 Å². The van der Waals surface area contributed by atoms with Crippen LogP contribution in [0.1, 0.15) is 18.9 Å². The van der Waals surface area contributed by atoms with Crippen LogP contribution < -0.4 is 4.52 Å². The largest absolute Gasteiger partial charge is 0.424 e. The molecule has 0 aliphatic rings. The van der Waals surface area contributed by atoms with Gasteiger partial charge in [-0.2, -0.15) is 0 Å². The number of hydrogen-bond acceptors (Lipinski definition) is 5. The lowest BCUT2D eigenvalue weighted by Crippen LogP contribution is -2.04. The minimum absolute atomic E-state index is 0.0438. The number of rotatable bonds is 9. The predicted molar refractivity (Wildman–Crippen MR) is 92.6 cm³/mol. The van der Waals surface area contributed by atoms with Gasteiger partial charge in [0.15, 0.2) is 0 Å². The van der Waals surface area contributed by atoms with Crippen molar-refractivity contribution in [1.82, 2.24) is 0 Å². The Kier molecular flexibility index (Phi) is 6.53. The van der Waals surface area contributed by atoms with Gasteiger partial charge in [-0.25, -0.2) is 4.57 Å². The molecule has 0 heterocycles. The van der Waals surface area contributed by atoms with Crippen LogP contribution in [0.2, 0.25) is 0 Å². The molecule has 0 aliphatic carbocycles. The summed E-state index contributed by atoms with van der Waals surface area (Å²) in [4.78, 5) is 10.2. The van der Waals surface area contributed by atoms with E-state index in [1.807, 2.05) is 30.3 Å². The molecule has 0 saturated heterocycles. The summed E-state index contributed by atoms with van der Waals surface area (Å²) in [6, 6.07) is 15.4. The van der Waals surface area contributed by atoms with Gasteiger partial charge in [-0.15, -0.1) is 0 Å². The van der Waals surface area contributed by atoms with Crippen LogP contribution >= 0.6 is 7.60 Å². The Morgan fingerprint density at radius 3 is 2.33 bits per heavy atom. The zero-order valence-corrected chi connectivity index (χ0v) is 14.4. The van der Waals surface area contributed by atoms with Crippen molar-refractivity contribution in [3.8, 4) is 5.75 Å². The number of nitrogens with zero attached hydrogens (tertiary/aromatic N) is 1. The number of benzene rings is 2. The van der Waals surface area contributed by atoms with Crippen LogP contribution in [0.4, 0.5) is 5.69 Å². The van der Waals surface area contributed by atoms with Gasteiger partial charge in [-0.05, 0) is 37.5 Å². The molecule has 6 nitrogen and oxygen atoms in total. The lowest BCUT2D eigenvalue weighted by molar-refractivity contribution is -0.384. The van der Waals surface area contributed by atoms with Crippen LogP contribution in [0.5, 0.6) is 5.75 Å². The van der Waals surface area contributed by atoms with Crippen molar-refractivity contribution in [1.29, 1.82) is 0 Å². The second-order valence-electron chi connectivity index (χ2n) is 5.18. The molecule has 2 rings (SSSR count). The Hall–Kier alpha value is -2.17. The van der Waals surface area contributed by atoms with Crippen molar-refractivity contribution in [3.05, 3.63) is 70.3 Å². The fourth-order valence-corrected chi connectivity index (χ4v) is 3.90. The molecule has 0 N–H and O–H groups in total. The molecule has 0 aromatic heterocycles. The number of nitro benzene ring substituents is 1. The second-order valence-corrected chi connectivity index (χ2v) is 7.29. The maximum Gasteiger partial charge on any atom is 0.379 e. The van der Waals surface area contributed by atoms with E-state index in [-0.39, 0.29) is 18.5 Å². The van der Waals surface area contributed by atoms with Crippen molar-refractivity contribution < 1.29 is 18.5 Å². The van der Waals surface area contributed by atoms with E-state index in [1.165, 1.54) is 24.3 Å². The maximum atomic E-state index is 12.8. The van der Waals surface area contributed by atoms with Gasteiger partial charge in [-0.1, -0.05) is 30.3 Å². The van der Waals surface area contributed by atoms with E-state index in [9.17, 15) is 14.7 Å². The third-order valence-corrected chi connectivity index (χ3v) is 5.36. The van der Waals surface area contributed by atoms with Gasteiger partial charge in [0, 0.05) is 12.1 Å². The Labute approximate surface area is 141 Å². The Bertz CT molecular complexity index is 703. The lowest BCUT2D eigenvalue weighted by atomic mass is 10.1. The number of aryl methyl sites for hydroxylation is 1. The Morgan fingerprint density at radius 1 is 1.08 bits per heavy atom. The first-order valence-corrected chi connectivity index (χ1v) is 9.47. The smallest absolute Gasteiger partial charge is 0.379 e. The highest BCUT2D eigenvalue weighted by Gasteiger charge is 2.25. The van der Waals surface area contributed by atoms with E-state index >= 15 is 0 Å². The summed E-state index contributed by atoms with van der Waals surface area (Å²) in [7, 11) is -3.29. The zero-order valence-electron chi connectivity index (χ0n) is 13.5. The van der Waals surface area contributed by atoms with Crippen molar-refractivity contribution in [2.24, 2.45) is 0 Å². The average molecular weight is 349 g/mol. The summed E-state index contributed by atoms with van der Waals surface area (Å²) in [6.07, 6.45) is 1.72. The summed E-state index contributed by atoms with van der Waals surface area (Å²) >= 11 is 0. The molecule has 0 aliphatic heterocycles. The first-order chi connectivity index (χ1) is 11.5. The van der Waals surface area contributed by atoms with E-state index in [0.717, 1.165) is 12.0 Å². The monoisotopic (exact) mass is 349 g/mol. The molecular formula is C17H20NO5P. The fraction of sp³-hybridized carbons (Fsp3) is 0.294. The summed E-state index contributed by atoms with van der Waals surface area (Å²) < 4.78 is 23.7. The summed E-state index contributed by atoms with van der Waals surface area (Å²) in [5, 5.41) is 10.7. The first kappa shape index (κ1) is 18.2. The van der Waals surface area contributed by atoms with Gasteiger partial charge in [0.1, 0.15) is 5.75 Å². The normalized spacial score (nSPS) is 13.2. The van der Waals surface area contributed by atoms with Crippen LogP contribution in [0, 0.1) is 10.1 Å². The van der Waals surface area contributed by atoms with Crippen LogP contribution in [0.3, 0.4) is 0 Å². The molecule has 1 unspecified atom stereocenters. The van der Waals surface area contributed by atoms with E-state index < -0.39 is 12.5 Å². The SMILES string of the molecule is CCOP(=O)(CCCc1ccccc1)Oc1ccc([N+](=O)[O-])cc1. The maximum absolute atomic E-state index is 12.8. The third-order valence-electron chi connectivity index (χ3n) is 3.36. The summed E-state index contributed by atoms with van der Waals surface area (Å²) in [5.74, 6) is 0.303. The van der Waals surface area contributed by atoms with Crippen LogP contribution in [-0.4, -0.2) is 17.7 Å². The van der Waals surface area contributed by atoms with Crippen molar-refractivity contribution in [2.45, 2.75) is 19.8 Å². The molecule has 0 radical (unpaired) electrons. The van der Waals surface area contributed by atoms with Gasteiger partial charge >= 0.3 is 7.60 Å². The molecule has 0 spiro atoms. The topological polar surface area (TPSA) is 78.7 Å². The second kappa shape index (κ2) is 8.62. The van der Waals surface area contributed by atoms with Gasteiger partial charge in [-0.3, -0.25) is 10.1 Å². The predicted octanol–water partition coefficient (Wildman–Crippen LogP) is 4.84. The number of nitro groups is 1. The van der Waals surface area contributed by atoms with Gasteiger partial charge < -0.3 is 9.05 Å². The van der Waals surface area contributed by atoms with Crippen LogP contribution in [0.15, 0.2) is 54.6 Å². The zero-order chi connectivity index (χ0) is 17.4. The van der Waals surface area contributed by atoms with Crippen LogP contribution in [-0.2, 0) is 15.5 Å². The highest BCUT2D eigenvalue weighted by atomic mass is 31.2. The van der Waals surface area contributed by atoms with Gasteiger partial charge in [0.05, 0.1) is 17.7 Å². The van der Waals surface area contributed by atoms with Crippen molar-refractivity contribution >= 4 is 13.3 Å².